The lowest BCUT2D eigenvalue weighted by atomic mass is 10.0. The number of carbonyl (C=O) groups is 1. The number of hydrogen-bond donors (Lipinski definition) is 1. The van der Waals surface area contributed by atoms with Gasteiger partial charge in [-0.3, -0.25) is 0 Å². The molecule has 1 saturated heterocycles. The van der Waals surface area contributed by atoms with Crippen LogP contribution in [0.5, 0.6) is 5.75 Å². The fraction of sp³-hybridized carbons (Fsp3) is 0.500. The highest BCUT2D eigenvalue weighted by Gasteiger charge is 2.37. The summed E-state index contributed by atoms with van der Waals surface area (Å²) in [6.07, 6.45) is 1.56. The number of anilines is 1. The van der Waals surface area contributed by atoms with Crippen LogP contribution in [0.2, 0.25) is 0 Å². The Bertz CT molecular complexity index is 1140. The van der Waals surface area contributed by atoms with Crippen molar-refractivity contribution in [2.24, 2.45) is 0 Å². The molecule has 1 aliphatic heterocycles. The standard InChI is InChI=1S/C26H31F3N4O4/c1-6-17-10-11-19(21(13-17)36-16-35-7-2)23-20(26(27,28)29)14-22(31-32-23)30-18-9-8-12-33(15-18)24(34)37-25(3,4)5/h1,10-11,13-14,18H,7-9,12,15-16H2,2-5H3,(H,30,31)/t18-/m1/s1. The number of carbonyl (C=O) groups excluding carboxylic acids is 1. The molecule has 0 spiro atoms. The molecule has 11 heteroatoms. The maximum absolute atomic E-state index is 14.1. The zero-order valence-electron chi connectivity index (χ0n) is 21.3. The highest BCUT2D eigenvalue weighted by molar-refractivity contribution is 5.72. The quantitative estimate of drug-likeness (QED) is 0.300. The molecule has 1 fully saturated rings. The Labute approximate surface area is 214 Å². The van der Waals surface area contributed by atoms with Crippen molar-refractivity contribution in [2.45, 2.75) is 58.4 Å². The van der Waals surface area contributed by atoms with E-state index in [1.54, 1.807) is 27.7 Å². The van der Waals surface area contributed by atoms with Gasteiger partial charge in [0.25, 0.3) is 0 Å². The number of benzene rings is 1. The van der Waals surface area contributed by atoms with E-state index >= 15 is 0 Å². The maximum atomic E-state index is 14.1. The number of aromatic nitrogens is 2. The number of terminal acetylenes is 1. The summed E-state index contributed by atoms with van der Waals surface area (Å²) < 4.78 is 58.6. The van der Waals surface area contributed by atoms with Crippen LogP contribution in [0.15, 0.2) is 24.3 Å². The van der Waals surface area contributed by atoms with Crippen LogP contribution in [-0.4, -0.2) is 59.3 Å². The molecule has 1 atom stereocenters. The Balaban J connectivity index is 1.88. The molecule has 0 unspecified atom stereocenters. The van der Waals surface area contributed by atoms with Crippen LogP contribution in [0, 0.1) is 12.3 Å². The third kappa shape index (κ3) is 7.73. The highest BCUT2D eigenvalue weighted by atomic mass is 19.4. The Morgan fingerprint density at radius 1 is 1.24 bits per heavy atom. The molecule has 1 N–H and O–H groups in total. The lowest BCUT2D eigenvalue weighted by Crippen LogP contribution is -2.47. The molecular formula is C26H31F3N4O4. The average molecular weight is 521 g/mol. The molecule has 8 nitrogen and oxygen atoms in total. The van der Waals surface area contributed by atoms with E-state index in [2.05, 4.69) is 21.4 Å². The van der Waals surface area contributed by atoms with Crippen LogP contribution < -0.4 is 10.1 Å². The zero-order chi connectivity index (χ0) is 27.2. The zero-order valence-corrected chi connectivity index (χ0v) is 21.3. The van der Waals surface area contributed by atoms with Crippen molar-refractivity contribution in [3.63, 3.8) is 0 Å². The first-order valence-electron chi connectivity index (χ1n) is 11.9. The van der Waals surface area contributed by atoms with Gasteiger partial charge in [-0.1, -0.05) is 5.92 Å². The minimum atomic E-state index is -4.72. The summed E-state index contributed by atoms with van der Waals surface area (Å²) in [7, 11) is 0. The first-order chi connectivity index (χ1) is 17.4. The van der Waals surface area contributed by atoms with Gasteiger partial charge in [0.1, 0.15) is 22.9 Å². The van der Waals surface area contributed by atoms with E-state index in [1.165, 1.54) is 23.1 Å². The van der Waals surface area contributed by atoms with Gasteiger partial charge in [-0.25, -0.2) is 4.79 Å². The largest absolute Gasteiger partial charge is 0.467 e. The van der Waals surface area contributed by atoms with Crippen molar-refractivity contribution < 1.29 is 32.2 Å². The smallest absolute Gasteiger partial charge is 0.418 e. The van der Waals surface area contributed by atoms with E-state index in [-0.39, 0.29) is 36.5 Å². The number of nitrogens with one attached hydrogen (secondary N) is 1. The second-order valence-electron chi connectivity index (χ2n) is 9.51. The molecule has 200 valence electrons. The molecule has 0 aliphatic carbocycles. The number of hydrogen-bond acceptors (Lipinski definition) is 7. The van der Waals surface area contributed by atoms with E-state index in [0.717, 1.165) is 6.07 Å². The molecule has 1 amide bonds. The number of ether oxygens (including phenoxy) is 3. The number of nitrogens with zero attached hydrogens (tertiary/aromatic N) is 3. The van der Waals surface area contributed by atoms with Crippen molar-refractivity contribution in [2.75, 3.05) is 31.8 Å². The molecule has 2 heterocycles. The van der Waals surface area contributed by atoms with E-state index in [9.17, 15) is 18.0 Å². The summed E-state index contributed by atoms with van der Waals surface area (Å²) in [5, 5.41) is 10.9. The van der Waals surface area contributed by atoms with Gasteiger partial charge in [0.05, 0.1) is 5.56 Å². The first-order valence-corrected chi connectivity index (χ1v) is 11.9. The number of halogens is 3. The molecular weight excluding hydrogens is 489 g/mol. The minimum Gasteiger partial charge on any atom is -0.467 e. The normalized spacial score (nSPS) is 16.2. The first kappa shape index (κ1) is 28.1. The van der Waals surface area contributed by atoms with Gasteiger partial charge in [0, 0.05) is 36.9 Å². The number of amides is 1. The third-order valence-corrected chi connectivity index (χ3v) is 5.43. The van der Waals surface area contributed by atoms with E-state index < -0.39 is 29.1 Å². The second kappa shape index (κ2) is 11.7. The van der Waals surface area contributed by atoms with E-state index in [0.29, 0.717) is 31.6 Å². The molecule has 3 rings (SSSR count). The van der Waals surface area contributed by atoms with Gasteiger partial charge in [0.15, 0.2) is 6.79 Å². The number of alkyl halides is 3. The topological polar surface area (TPSA) is 85.8 Å². The van der Waals surface area contributed by atoms with Crippen LogP contribution in [0.25, 0.3) is 11.3 Å². The molecule has 1 aromatic heterocycles. The molecule has 0 radical (unpaired) electrons. The summed E-state index contributed by atoms with van der Waals surface area (Å²) in [5.41, 5.74) is -1.52. The second-order valence-corrected chi connectivity index (χ2v) is 9.51. The Morgan fingerprint density at radius 3 is 2.65 bits per heavy atom. The van der Waals surface area contributed by atoms with Crippen molar-refractivity contribution >= 4 is 11.9 Å². The van der Waals surface area contributed by atoms with Crippen LogP contribution in [0.3, 0.4) is 0 Å². The summed E-state index contributed by atoms with van der Waals surface area (Å²) in [6, 6.07) is 4.97. The van der Waals surface area contributed by atoms with Gasteiger partial charge in [-0.2, -0.15) is 13.2 Å². The predicted molar refractivity (Wildman–Crippen MR) is 132 cm³/mol. The molecule has 1 aromatic carbocycles. The molecule has 2 aromatic rings. The molecule has 0 bridgehead atoms. The van der Waals surface area contributed by atoms with Crippen molar-refractivity contribution in [1.82, 2.24) is 15.1 Å². The van der Waals surface area contributed by atoms with Crippen molar-refractivity contribution in [1.29, 1.82) is 0 Å². The monoisotopic (exact) mass is 520 g/mol. The van der Waals surface area contributed by atoms with E-state index in [4.69, 9.17) is 20.6 Å². The number of likely N-dealkylation sites (tertiary alicyclic amines) is 1. The lowest BCUT2D eigenvalue weighted by Gasteiger charge is -2.34. The van der Waals surface area contributed by atoms with Crippen LogP contribution >= 0.6 is 0 Å². The molecule has 37 heavy (non-hydrogen) atoms. The fourth-order valence-corrected chi connectivity index (χ4v) is 3.79. The fourth-order valence-electron chi connectivity index (χ4n) is 3.79. The van der Waals surface area contributed by atoms with E-state index in [1.807, 2.05) is 0 Å². The van der Waals surface area contributed by atoms with Crippen LogP contribution in [0.1, 0.15) is 51.7 Å². The van der Waals surface area contributed by atoms with Gasteiger partial charge in [-0.15, -0.1) is 16.6 Å². The minimum absolute atomic E-state index is 0.0517. The summed E-state index contributed by atoms with van der Waals surface area (Å²) in [5.74, 6) is 2.48. The van der Waals surface area contributed by atoms with Crippen LogP contribution in [-0.2, 0) is 15.7 Å². The van der Waals surface area contributed by atoms with Gasteiger partial charge < -0.3 is 24.4 Å². The van der Waals surface area contributed by atoms with Crippen molar-refractivity contribution in [3.05, 3.63) is 35.4 Å². The van der Waals surface area contributed by atoms with Crippen molar-refractivity contribution in [3.8, 4) is 29.4 Å². The maximum Gasteiger partial charge on any atom is 0.418 e. The summed E-state index contributed by atoms with van der Waals surface area (Å²) >= 11 is 0. The number of piperidine rings is 1. The number of rotatable bonds is 7. The van der Waals surface area contributed by atoms with Gasteiger partial charge in [-0.05, 0) is 64.8 Å². The summed E-state index contributed by atoms with van der Waals surface area (Å²) in [4.78, 5) is 14.0. The SMILES string of the molecule is C#Cc1ccc(-c2nnc(N[C@@H]3CCCN(C(=O)OC(C)(C)C)C3)cc2C(F)(F)F)c(OCOCC)c1. The Kier molecular flexibility index (Phi) is 8.86. The third-order valence-electron chi connectivity index (χ3n) is 5.43. The molecule has 0 saturated carbocycles. The Morgan fingerprint density at radius 2 is 2.00 bits per heavy atom. The molecule has 1 aliphatic rings. The lowest BCUT2D eigenvalue weighted by molar-refractivity contribution is -0.137. The van der Waals surface area contributed by atoms with Gasteiger partial charge >= 0.3 is 12.3 Å². The van der Waals surface area contributed by atoms with Gasteiger partial charge in [0.2, 0.25) is 0 Å². The predicted octanol–water partition coefficient (Wildman–Crippen LogP) is 5.33. The highest BCUT2D eigenvalue weighted by Crippen LogP contribution is 2.40. The van der Waals surface area contributed by atoms with Crippen LogP contribution in [0.4, 0.5) is 23.8 Å². The average Bonchev–Trinajstić information content (AvgIpc) is 2.83. The Hall–Kier alpha value is -3.52. The summed E-state index contributed by atoms with van der Waals surface area (Å²) in [6.45, 7) is 8.05.